The van der Waals surface area contributed by atoms with Crippen molar-refractivity contribution in [2.75, 3.05) is 0 Å². The molecule has 0 radical (unpaired) electrons. The van der Waals surface area contributed by atoms with E-state index >= 15 is 0 Å². The van der Waals surface area contributed by atoms with Gasteiger partial charge in [0.2, 0.25) is 5.89 Å². The lowest BCUT2D eigenvalue weighted by atomic mass is 10.2. The topological polar surface area (TPSA) is 46.3 Å². The van der Waals surface area contributed by atoms with Crippen LogP contribution in [-0.2, 0) is 0 Å². The van der Waals surface area contributed by atoms with E-state index in [1.807, 2.05) is 24.3 Å². The van der Waals surface area contributed by atoms with Gasteiger partial charge in [-0.2, -0.15) is 0 Å². The maximum absolute atomic E-state index is 9.27. The fourth-order valence-electron chi connectivity index (χ4n) is 1.79. The second kappa shape index (κ2) is 4.90. The molecule has 0 atom stereocenters. The van der Waals surface area contributed by atoms with Crippen LogP contribution in [0.4, 0.5) is 0 Å². The number of aromatic hydroxyl groups is 1. The molecule has 1 aromatic heterocycles. The van der Waals surface area contributed by atoms with Crippen molar-refractivity contribution in [1.82, 2.24) is 4.98 Å². The van der Waals surface area contributed by atoms with Gasteiger partial charge in [-0.25, -0.2) is 4.98 Å². The van der Waals surface area contributed by atoms with Crippen LogP contribution < -0.4 is 0 Å². The molecule has 3 rings (SSSR count). The van der Waals surface area contributed by atoms with E-state index in [0.717, 1.165) is 15.6 Å². The van der Waals surface area contributed by atoms with Crippen molar-refractivity contribution in [2.45, 2.75) is 0 Å². The molecule has 0 aliphatic heterocycles. The van der Waals surface area contributed by atoms with E-state index in [4.69, 9.17) is 4.42 Å². The van der Waals surface area contributed by atoms with Crippen molar-refractivity contribution in [3.8, 4) is 28.5 Å². The summed E-state index contributed by atoms with van der Waals surface area (Å²) in [6, 6.07) is 14.6. The van der Waals surface area contributed by atoms with E-state index in [0.29, 0.717) is 11.7 Å². The van der Waals surface area contributed by atoms with Gasteiger partial charge < -0.3 is 9.52 Å². The van der Waals surface area contributed by atoms with Gasteiger partial charge in [-0.1, -0.05) is 22.0 Å². The van der Waals surface area contributed by atoms with Crippen LogP contribution in [0.15, 0.2) is 63.6 Å². The number of halogens is 1. The largest absolute Gasteiger partial charge is 0.508 e. The minimum Gasteiger partial charge on any atom is -0.508 e. The first-order valence-corrected chi connectivity index (χ1v) is 6.53. The first-order chi connectivity index (χ1) is 9.22. The Balaban J connectivity index is 1.97. The molecule has 3 nitrogen and oxygen atoms in total. The van der Waals surface area contributed by atoms with Crippen molar-refractivity contribution in [3.63, 3.8) is 0 Å². The monoisotopic (exact) mass is 315 g/mol. The molecule has 1 N–H and O–H groups in total. The van der Waals surface area contributed by atoms with Gasteiger partial charge in [0.15, 0.2) is 5.76 Å². The van der Waals surface area contributed by atoms with Crippen molar-refractivity contribution in [3.05, 3.63) is 59.2 Å². The Labute approximate surface area is 118 Å². The first-order valence-electron chi connectivity index (χ1n) is 5.73. The predicted octanol–water partition coefficient (Wildman–Crippen LogP) is 4.48. The fourth-order valence-corrected chi connectivity index (χ4v) is 2.19. The zero-order chi connectivity index (χ0) is 13.2. The number of aromatic nitrogens is 1. The Morgan fingerprint density at radius 3 is 2.53 bits per heavy atom. The quantitative estimate of drug-likeness (QED) is 0.758. The molecular formula is C15H10BrNO2. The van der Waals surface area contributed by atoms with Crippen molar-refractivity contribution in [2.24, 2.45) is 0 Å². The van der Waals surface area contributed by atoms with E-state index in [-0.39, 0.29) is 5.75 Å². The molecule has 0 aliphatic carbocycles. The van der Waals surface area contributed by atoms with Crippen molar-refractivity contribution < 1.29 is 9.52 Å². The average molecular weight is 316 g/mol. The average Bonchev–Trinajstić information content (AvgIpc) is 2.89. The second-order valence-electron chi connectivity index (χ2n) is 4.09. The van der Waals surface area contributed by atoms with Gasteiger partial charge in [-0.05, 0) is 42.5 Å². The third-order valence-electron chi connectivity index (χ3n) is 2.73. The predicted molar refractivity (Wildman–Crippen MR) is 76.7 cm³/mol. The maximum atomic E-state index is 9.27. The van der Waals surface area contributed by atoms with Crippen LogP contribution in [0.3, 0.4) is 0 Å². The van der Waals surface area contributed by atoms with Crippen LogP contribution in [0.1, 0.15) is 0 Å². The van der Waals surface area contributed by atoms with Crippen LogP contribution in [0.25, 0.3) is 22.8 Å². The maximum Gasteiger partial charge on any atom is 0.226 e. The number of phenolic OH excluding ortho intramolecular Hbond substituents is 1. The fraction of sp³-hybridized carbons (Fsp3) is 0. The number of nitrogens with zero attached hydrogens (tertiary/aromatic N) is 1. The summed E-state index contributed by atoms with van der Waals surface area (Å²) < 4.78 is 6.72. The molecular weight excluding hydrogens is 306 g/mol. The number of oxazole rings is 1. The van der Waals surface area contributed by atoms with Crippen molar-refractivity contribution in [1.29, 1.82) is 0 Å². The molecule has 0 aliphatic rings. The summed E-state index contributed by atoms with van der Waals surface area (Å²) in [5.74, 6) is 1.48. The van der Waals surface area contributed by atoms with Gasteiger partial charge >= 0.3 is 0 Å². The molecule has 2 aromatic carbocycles. The summed E-state index contributed by atoms with van der Waals surface area (Å²) in [5, 5.41) is 9.27. The third kappa shape index (κ3) is 2.53. The highest BCUT2D eigenvalue weighted by Gasteiger charge is 2.08. The third-order valence-corrected chi connectivity index (χ3v) is 3.22. The second-order valence-corrected chi connectivity index (χ2v) is 5.00. The van der Waals surface area contributed by atoms with Gasteiger partial charge in [0, 0.05) is 15.6 Å². The SMILES string of the molecule is Oc1ccc(-c2cnc(-c3cccc(Br)c3)o2)cc1. The van der Waals surface area contributed by atoms with E-state index in [9.17, 15) is 5.11 Å². The number of rotatable bonds is 2. The Bertz CT molecular complexity index is 704. The number of hydrogen-bond acceptors (Lipinski definition) is 3. The van der Waals surface area contributed by atoms with Crippen LogP contribution in [0.5, 0.6) is 5.75 Å². The lowest BCUT2D eigenvalue weighted by Crippen LogP contribution is -1.75. The summed E-state index contributed by atoms with van der Waals surface area (Å²) in [7, 11) is 0. The van der Waals surface area contributed by atoms with E-state index < -0.39 is 0 Å². The van der Waals surface area contributed by atoms with Gasteiger partial charge in [-0.15, -0.1) is 0 Å². The number of phenols is 1. The molecule has 0 saturated carbocycles. The van der Waals surface area contributed by atoms with E-state index in [1.54, 1.807) is 30.5 Å². The summed E-state index contributed by atoms with van der Waals surface area (Å²) >= 11 is 3.42. The van der Waals surface area contributed by atoms with E-state index in [1.165, 1.54) is 0 Å². The van der Waals surface area contributed by atoms with Gasteiger partial charge in [0.25, 0.3) is 0 Å². The number of hydrogen-bond donors (Lipinski definition) is 1. The minimum absolute atomic E-state index is 0.232. The molecule has 0 unspecified atom stereocenters. The highest BCUT2D eigenvalue weighted by Crippen LogP contribution is 2.28. The van der Waals surface area contributed by atoms with E-state index in [2.05, 4.69) is 20.9 Å². The molecule has 3 aromatic rings. The summed E-state index contributed by atoms with van der Waals surface area (Å²) in [5.41, 5.74) is 1.80. The lowest BCUT2D eigenvalue weighted by molar-refractivity contribution is 0.475. The first kappa shape index (κ1) is 12.0. The summed E-state index contributed by atoms with van der Waals surface area (Å²) in [4.78, 5) is 4.28. The van der Waals surface area contributed by atoms with Crippen LogP contribution in [0.2, 0.25) is 0 Å². The van der Waals surface area contributed by atoms with Gasteiger partial charge in [0.05, 0.1) is 6.20 Å². The van der Waals surface area contributed by atoms with Gasteiger partial charge in [0.1, 0.15) is 5.75 Å². The Morgan fingerprint density at radius 1 is 1.00 bits per heavy atom. The van der Waals surface area contributed by atoms with Crippen LogP contribution >= 0.6 is 15.9 Å². The molecule has 1 heterocycles. The standard InChI is InChI=1S/C15H10BrNO2/c16-12-3-1-2-11(8-12)15-17-9-14(19-15)10-4-6-13(18)7-5-10/h1-9,18H. The molecule has 94 valence electrons. The summed E-state index contributed by atoms with van der Waals surface area (Å²) in [6.45, 7) is 0. The normalized spacial score (nSPS) is 10.6. The Kier molecular flexibility index (Phi) is 3.09. The van der Waals surface area contributed by atoms with Crippen LogP contribution in [-0.4, -0.2) is 10.1 Å². The highest BCUT2D eigenvalue weighted by molar-refractivity contribution is 9.10. The highest BCUT2D eigenvalue weighted by atomic mass is 79.9. The summed E-state index contributed by atoms with van der Waals surface area (Å²) in [6.07, 6.45) is 1.68. The van der Waals surface area contributed by atoms with Crippen molar-refractivity contribution >= 4 is 15.9 Å². The molecule has 0 saturated heterocycles. The number of benzene rings is 2. The molecule has 0 bridgehead atoms. The van der Waals surface area contributed by atoms with Gasteiger partial charge in [-0.3, -0.25) is 0 Å². The zero-order valence-corrected chi connectivity index (χ0v) is 11.5. The molecule has 0 amide bonds. The molecule has 4 heteroatoms. The zero-order valence-electron chi connectivity index (χ0n) is 9.88. The molecule has 0 fully saturated rings. The molecule has 0 spiro atoms. The molecule has 19 heavy (non-hydrogen) atoms. The lowest BCUT2D eigenvalue weighted by Gasteiger charge is -1.98. The minimum atomic E-state index is 0.232. The smallest absolute Gasteiger partial charge is 0.226 e. The Hall–Kier alpha value is -2.07. The Morgan fingerprint density at radius 2 is 1.79 bits per heavy atom. The van der Waals surface area contributed by atoms with Crippen LogP contribution in [0, 0.1) is 0 Å².